The fraction of sp³-hybridized carbons (Fsp3) is 0.533. The number of carboxylic acids is 1. The fourth-order valence-corrected chi connectivity index (χ4v) is 2.04. The van der Waals surface area contributed by atoms with Gasteiger partial charge in [0.2, 0.25) is 0 Å². The van der Waals surface area contributed by atoms with Gasteiger partial charge in [-0.2, -0.15) is 0 Å². The van der Waals surface area contributed by atoms with E-state index in [0.29, 0.717) is 25.3 Å². The van der Waals surface area contributed by atoms with Crippen molar-refractivity contribution in [2.75, 3.05) is 45.4 Å². The van der Waals surface area contributed by atoms with Crippen LogP contribution in [0.1, 0.15) is 22.3 Å². The van der Waals surface area contributed by atoms with Gasteiger partial charge in [0.15, 0.2) is 0 Å². The van der Waals surface area contributed by atoms with Crippen molar-refractivity contribution in [3.63, 3.8) is 0 Å². The van der Waals surface area contributed by atoms with Gasteiger partial charge >= 0.3 is 5.97 Å². The summed E-state index contributed by atoms with van der Waals surface area (Å²) in [5.74, 6) is -0.908. The van der Waals surface area contributed by atoms with E-state index in [1.54, 1.807) is 20.3 Å². The third-order valence-electron chi connectivity index (χ3n) is 3.07. The molecule has 0 aliphatic carbocycles. The van der Waals surface area contributed by atoms with E-state index in [0.717, 1.165) is 24.2 Å². The van der Waals surface area contributed by atoms with Gasteiger partial charge in [0.05, 0.1) is 17.9 Å². The molecule has 112 valence electrons. The summed E-state index contributed by atoms with van der Waals surface area (Å²) in [7, 11) is 3.30. The summed E-state index contributed by atoms with van der Waals surface area (Å²) in [4.78, 5) is 13.4. The molecule has 0 saturated carbocycles. The number of nitrogens with zero attached hydrogens (tertiary/aromatic N) is 1. The highest BCUT2D eigenvalue weighted by Crippen LogP contribution is 2.22. The van der Waals surface area contributed by atoms with E-state index in [4.69, 9.17) is 9.47 Å². The lowest BCUT2D eigenvalue weighted by Crippen LogP contribution is -2.30. The van der Waals surface area contributed by atoms with Crippen LogP contribution in [0.15, 0.2) is 18.2 Å². The van der Waals surface area contributed by atoms with E-state index in [-0.39, 0.29) is 0 Å². The summed E-state index contributed by atoms with van der Waals surface area (Å²) in [6.45, 7) is 4.56. The van der Waals surface area contributed by atoms with Gasteiger partial charge in [0.1, 0.15) is 0 Å². The van der Waals surface area contributed by atoms with Gasteiger partial charge in [-0.1, -0.05) is 6.07 Å². The van der Waals surface area contributed by atoms with Gasteiger partial charge in [-0.3, -0.25) is 0 Å². The maximum Gasteiger partial charge on any atom is 0.337 e. The Morgan fingerprint density at radius 2 is 1.90 bits per heavy atom. The monoisotopic (exact) mass is 281 g/mol. The Hall–Kier alpha value is -1.59. The predicted molar refractivity (Wildman–Crippen MR) is 78.7 cm³/mol. The van der Waals surface area contributed by atoms with Crippen molar-refractivity contribution in [2.24, 2.45) is 0 Å². The molecule has 0 aliphatic heterocycles. The number of anilines is 1. The van der Waals surface area contributed by atoms with Gasteiger partial charge in [-0.15, -0.1) is 0 Å². The van der Waals surface area contributed by atoms with Crippen LogP contribution in [0.3, 0.4) is 0 Å². The minimum Gasteiger partial charge on any atom is -0.478 e. The summed E-state index contributed by atoms with van der Waals surface area (Å²) >= 11 is 0. The first-order chi connectivity index (χ1) is 9.60. The molecular formula is C15H23NO4. The second-order valence-corrected chi connectivity index (χ2v) is 4.65. The molecule has 0 heterocycles. The number of aryl methyl sites for hydroxylation is 1. The average Bonchev–Trinajstić information content (AvgIpc) is 2.42. The number of hydrogen-bond acceptors (Lipinski definition) is 4. The smallest absolute Gasteiger partial charge is 0.337 e. The molecule has 1 aromatic carbocycles. The zero-order valence-electron chi connectivity index (χ0n) is 12.4. The Bertz CT molecular complexity index is 434. The molecule has 0 amide bonds. The SMILES string of the molecule is COCCCN(CCOC)c1cc(C)ccc1C(=O)O. The van der Waals surface area contributed by atoms with Crippen LogP contribution in [0.25, 0.3) is 0 Å². The number of carboxylic acid groups (broad SMARTS) is 1. The maximum atomic E-state index is 11.4. The minimum absolute atomic E-state index is 0.323. The molecule has 0 unspecified atom stereocenters. The van der Waals surface area contributed by atoms with E-state index < -0.39 is 5.97 Å². The lowest BCUT2D eigenvalue weighted by molar-refractivity contribution is 0.0697. The highest BCUT2D eigenvalue weighted by Gasteiger charge is 2.16. The van der Waals surface area contributed by atoms with E-state index >= 15 is 0 Å². The number of carbonyl (C=O) groups is 1. The standard InChI is InChI=1S/C15H23NO4/c1-12-5-6-13(15(17)18)14(11-12)16(8-10-20-3)7-4-9-19-2/h5-6,11H,4,7-10H2,1-3H3,(H,17,18). The van der Waals surface area contributed by atoms with Crippen LogP contribution in [0.5, 0.6) is 0 Å². The van der Waals surface area contributed by atoms with Crippen molar-refractivity contribution in [1.29, 1.82) is 0 Å². The number of ether oxygens (including phenoxy) is 2. The summed E-state index contributed by atoms with van der Waals surface area (Å²) in [5, 5.41) is 9.32. The Kier molecular flexibility index (Phi) is 7.04. The molecule has 0 aromatic heterocycles. The molecule has 0 bridgehead atoms. The van der Waals surface area contributed by atoms with E-state index in [2.05, 4.69) is 0 Å². The minimum atomic E-state index is -0.908. The summed E-state index contributed by atoms with van der Waals surface area (Å²) in [6, 6.07) is 5.38. The van der Waals surface area contributed by atoms with Gasteiger partial charge in [-0.05, 0) is 31.0 Å². The quantitative estimate of drug-likeness (QED) is 0.703. The van der Waals surface area contributed by atoms with E-state index in [9.17, 15) is 9.90 Å². The molecule has 1 aromatic rings. The van der Waals surface area contributed by atoms with E-state index in [1.165, 1.54) is 0 Å². The van der Waals surface area contributed by atoms with Gasteiger partial charge in [0, 0.05) is 33.9 Å². The van der Waals surface area contributed by atoms with Crippen LogP contribution < -0.4 is 4.90 Å². The Morgan fingerprint density at radius 1 is 1.20 bits per heavy atom. The molecule has 0 fully saturated rings. The van der Waals surface area contributed by atoms with Crippen LogP contribution in [0, 0.1) is 6.92 Å². The summed E-state index contributed by atoms with van der Waals surface area (Å²) < 4.78 is 10.2. The number of aromatic carboxylic acids is 1. The van der Waals surface area contributed by atoms with Crippen molar-refractivity contribution in [3.8, 4) is 0 Å². The molecule has 1 rings (SSSR count). The normalized spacial score (nSPS) is 10.6. The lowest BCUT2D eigenvalue weighted by Gasteiger charge is -2.26. The first kappa shape index (κ1) is 16.5. The zero-order valence-corrected chi connectivity index (χ0v) is 12.4. The average molecular weight is 281 g/mol. The van der Waals surface area contributed by atoms with Crippen molar-refractivity contribution in [2.45, 2.75) is 13.3 Å². The highest BCUT2D eigenvalue weighted by atomic mass is 16.5. The fourth-order valence-electron chi connectivity index (χ4n) is 2.04. The Balaban J connectivity index is 2.97. The van der Waals surface area contributed by atoms with Crippen molar-refractivity contribution in [3.05, 3.63) is 29.3 Å². The molecule has 20 heavy (non-hydrogen) atoms. The predicted octanol–water partition coefficient (Wildman–Crippen LogP) is 2.18. The molecule has 5 heteroatoms. The highest BCUT2D eigenvalue weighted by molar-refractivity contribution is 5.94. The Morgan fingerprint density at radius 3 is 2.50 bits per heavy atom. The van der Waals surface area contributed by atoms with Crippen molar-refractivity contribution in [1.82, 2.24) is 0 Å². The molecule has 0 aliphatic rings. The van der Waals surface area contributed by atoms with Crippen LogP contribution in [-0.2, 0) is 9.47 Å². The van der Waals surface area contributed by atoms with Gasteiger partial charge in [0.25, 0.3) is 0 Å². The molecule has 5 nitrogen and oxygen atoms in total. The molecule has 0 radical (unpaired) electrons. The molecule has 1 N–H and O–H groups in total. The third-order valence-corrected chi connectivity index (χ3v) is 3.07. The van der Waals surface area contributed by atoms with Crippen LogP contribution >= 0.6 is 0 Å². The van der Waals surface area contributed by atoms with Gasteiger partial charge in [-0.25, -0.2) is 4.79 Å². The van der Waals surface area contributed by atoms with Crippen LogP contribution in [0.4, 0.5) is 5.69 Å². The number of hydrogen-bond donors (Lipinski definition) is 1. The van der Waals surface area contributed by atoms with Crippen LogP contribution in [0.2, 0.25) is 0 Å². The summed E-state index contributed by atoms with van der Waals surface area (Å²) in [5.41, 5.74) is 2.11. The Labute approximate surface area is 120 Å². The van der Waals surface area contributed by atoms with Crippen molar-refractivity contribution < 1.29 is 19.4 Å². The van der Waals surface area contributed by atoms with E-state index in [1.807, 2.05) is 24.0 Å². The number of rotatable bonds is 9. The first-order valence-corrected chi connectivity index (χ1v) is 6.67. The maximum absolute atomic E-state index is 11.4. The topological polar surface area (TPSA) is 59.0 Å². The zero-order chi connectivity index (χ0) is 15.0. The van der Waals surface area contributed by atoms with Gasteiger partial charge < -0.3 is 19.5 Å². The van der Waals surface area contributed by atoms with Crippen LogP contribution in [-0.4, -0.2) is 51.6 Å². The first-order valence-electron chi connectivity index (χ1n) is 6.67. The number of methoxy groups -OCH3 is 2. The van der Waals surface area contributed by atoms with Crippen molar-refractivity contribution >= 4 is 11.7 Å². The lowest BCUT2D eigenvalue weighted by atomic mass is 10.1. The number of benzene rings is 1. The second-order valence-electron chi connectivity index (χ2n) is 4.65. The summed E-state index contributed by atoms with van der Waals surface area (Å²) in [6.07, 6.45) is 0.840. The third kappa shape index (κ3) is 4.83. The molecular weight excluding hydrogens is 258 g/mol. The molecule has 0 atom stereocenters. The largest absolute Gasteiger partial charge is 0.478 e. The molecule has 0 spiro atoms. The molecule has 0 saturated heterocycles. The second kappa shape index (κ2) is 8.55.